The van der Waals surface area contributed by atoms with Crippen LogP contribution in [-0.4, -0.2) is 33.1 Å². The molecule has 0 aliphatic rings. The molecule has 2 aromatic heterocycles. The van der Waals surface area contributed by atoms with Gasteiger partial charge >= 0.3 is 0 Å². The van der Waals surface area contributed by atoms with Crippen LogP contribution in [0.1, 0.15) is 12.5 Å². The lowest BCUT2D eigenvalue weighted by Crippen LogP contribution is -2.32. The molecule has 0 spiro atoms. The predicted octanol–water partition coefficient (Wildman–Crippen LogP) is 3.83. The molecule has 0 aliphatic carbocycles. The van der Waals surface area contributed by atoms with E-state index in [1.807, 2.05) is 55.7 Å². The van der Waals surface area contributed by atoms with Gasteiger partial charge in [0.25, 0.3) is 0 Å². The van der Waals surface area contributed by atoms with Crippen molar-refractivity contribution in [3.8, 4) is 0 Å². The Balaban J connectivity index is 1.68. The highest BCUT2D eigenvalue weighted by atomic mass is 32.2. The van der Waals surface area contributed by atoms with E-state index in [4.69, 9.17) is 0 Å². The monoisotopic (exact) mass is 343 g/mol. The fourth-order valence-corrected chi connectivity index (χ4v) is 4.14. The molecule has 0 aliphatic heterocycles. The molecule has 0 radical (unpaired) electrons. The molecule has 2 heterocycles. The number of aromatic nitrogens is 2. The summed E-state index contributed by atoms with van der Waals surface area (Å²) in [6.45, 7) is 2.54. The first-order valence-electron chi connectivity index (χ1n) is 7.29. The van der Waals surface area contributed by atoms with Gasteiger partial charge in [-0.15, -0.1) is 11.3 Å². The van der Waals surface area contributed by atoms with Crippen molar-refractivity contribution in [1.29, 1.82) is 0 Å². The highest BCUT2D eigenvalue weighted by molar-refractivity contribution is 8.00. The zero-order valence-corrected chi connectivity index (χ0v) is 14.6. The fraction of sp³-hybridized carbons (Fsp3) is 0.235. The number of rotatable bonds is 5. The van der Waals surface area contributed by atoms with Crippen LogP contribution in [0.25, 0.3) is 10.2 Å². The molecule has 1 aromatic carbocycles. The fourth-order valence-electron chi connectivity index (χ4n) is 2.32. The van der Waals surface area contributed by atoms with Crippen molar-refractivity contribution in [2.24, 2.45) is 0 Å². The normalized spacial score (nSPS) is 12.3. The zero-order valence-electron chi connectivity index (χ0n) is 13.0. The van der Waals surface area contributed by atoms with E-state index in [9.17, 15) is 4.79 Å². The molecule has 0 fully saturated rings. The molecule has 0 bridgehead atoms. The van der Waals surface area contributed by atoms with Crippen LogP contribution in [0.15, 0.2) is 53.1 Å². The molecular formula is C17H17N3OS2. The van der Waals surface area contributed by atoms with Crippen LogP contribution in [0.3, 0.4) is 0 Å². The quantitative estimate of drug-likeness (QED) is 0.522. The van der Waals surface area contributed by atoms with Crippen LogP contribution in [-0.2, 0) is 11.3 Å². The highest BCUT2D eigenvalue weighted by Gasteiger charge is 2.20. The van der Waals surface area contributed by atoms with Crippen molar-refractivity contribution in [2.75, 3.05) is 7.05 Å². The third kappa shape index (κ3) is 3.71. The summed E-state index contributed by atoms with van der Waals surface area (Å²) in [4.78, 5) is 23.9. The summed E-state index contributed by atoms with van der Waals surface area (Å²) < 4.78 is 0. The Kier molecular flexibility index (Phi) is 4.93. The second-order valence-corrected chi connectivity index (χ2v) is 7.48. The molecule has 0 N–H and O–H groups in total. The minimum absolute atomic E-state index is 0.0980. The number of nitrogens with zero attached hydrogens (tertiary/aromatic N) is 3. The maximum atomic E-state index is 12.6. The lowest BCUT2D eigenvalue weighted by atomic mass is 10.2. The molecule has 3 aromatic rings. The number of hydrogen-bond acceptors (Lipinski definition) is 5. The number of carbonyl (C=O) groups is 1. The smallest absolute Gasteiger partial charge is 0.235 e. The summed E-state index contributed by atoms with van der Waals surface area (Å²) in [5.41, 5.74) is 1.13. The van der Waals surface area contributed by atoms with Gasteiger partial charge in [0.2, 0.25) is 5.91 Å². The maximum Gasteiger partial charge on any atom is 0.235 e. The topological polar surface area (TPSA) is 46.1 Å². The molecule has 1 atom stereocenters. The van der Waals surface area contributed by atoms with E-state index in [-0.39, 0.29) is 11.2 Å². The predicted molar refractivity (Wildman–Crippen MR) is 95.7 cm³/mol. The molecule has 23 heavy (non-hydrogen) atoms. The van der Waals surface area contributed by atoms with Gasteiger partial charge < -0.3 is 4.90 Å². The van der Waals surface area contributed by atoms with E-state index in [1.54, 1.807) is 22.6 Å². The molecule has 3 rings (SSSR count). The number of thioether (sulfide) groups is 1. The second-order valence-electron chi connectivity index (χ2n) is 5.26. The Bertz CT molecular complexity index is 804. The van der Waals surface area contributed by atoms with Crippen LogP contribution >= 0.6 is 23.1 Å². The standard InChI is InChI=1S/C17H17N3OS2/c1-12(17(21)20(2)10-13-6-4-3-5-7-13)23-16-14-8-9-22-15(14)18-11-19-16/h3-9,11-12H,10H2,1-2H3. The first-order valence-corrected chi connectivity index (χ1v) is 9.05. The molecule has 0 saturated heterocycles. The summed E-state index contributed by atoms with van der Waals surface area (Å²) >= 11 is 3.07. The lowest BCUT2D eigenvalue weighted by molar-refractivity contribution is -0.129. The van der Waals surface area contributed by atoms with Gasteiger partial charge in [-0.1, -0.05) is 42.1 Å². The van der Waals surface area contributed by atoms with Gasteiger partial charge in [0.1, 0.15) is 16.2 Å². The van der Waals surface area contributed by atoms with E-state index in [1.165, 1.54) is 11.8 Å². The van der Waals surface area contributed by atoms with Crippen molar-refractivity contribution < 1.29 is 4.79 Å². The average molecular weight is 343 g/mol. The van der Waals surface area contributed by atoms with Gasteiger partial charge in [0.05, 0.1) is 5.25 Å². The van der Waals surface area contributed by atoms with E-state index in [0.29, 0.717) is 6.54 Å². The largest absolute Gasteiger partial charge is 0.340 e. The molecule has 4 nitrogen and oxygen atoms in total. The molecular weight excluding hydrogens is 326 g/mol. The molecule has 1 amide bonds. The number of carbonyl (C=O) groups excluding carboxylic acids is 1. The number of hydrogen-bond donors (Lipinski definition) is 0. The maximum absolute atomic E-state index is 12.6. The van der Waals surface area contributed by atoms with Gasteiger partial charge in [-0.05, 0) is 23.9 Å². The molecule has 118 valence electrons. The van der Waals surface area contributed by atoms with Crippen molar-refractivity contribution in [3.05, 3.63) is 53.7 Å². The number of amides is 1. The number of thiophene rings is 1. The van der Waals surface area contributed by atoms with Crippen molar-refractivity contribution >= 4 is 39.2 Å². The third-order valence-corrected chi connectivity index (χ3v) is 5.42. The summed E-state index contributed by atoms with van der Waals surface area (Å²) in [5.74, 6) is 0.0980. The summed E-state index contributed by atoms with van der Waals surface area (Å²) in [5, 5.41) is 3.69. The van der Waals surface area contributed by atoms with E-state index < -0.39 is 0 Å². The second kappa shape index (κ2) is 7.10. The average Bonchev–Trinajstić information content (AvgIpc) is 3.04. The Hall–Kier alpha value is -1.92. The van der Waals surface area contributed by atoms with E-state index in [0.717, 1.165) is 20.8 Å². The number of fused-ring (bicyclic) bond motifs is 1. The third-order valence-electron chi connectivity index (χ3n) is 3.50. The van der Waals surface area contributed by atoms with Crippen molar-refractivity contribution in [3.63, 3.8) is 0 Å². The first-order chi connectivity index (χ1) is 11.1. The van der Waals surface area contributed by atoms with Crippen molar-refractivity contribution in [1.82, 2.24) is 14.9 Å². The zero-order chi connectivity index (χ0) is 16.2. The van der Waals surface area contributed by atoms with Gasteiger partial charge in [0.15, 0.2) is 0 Å². The van der Waals surface area contributed by atoms with E-state index >= 15 is 0 Å². The molecule has 0 saturated carbocycles. The van der Waals surface area contributed by atoms with Crippen LogP contribution in [0, 0.1) is 0 Å². The minimum Gasteiger partial charge on any atom is -0.340 e. The van der Waals surface area contributed by atoms with Gasteiger partial charge in [-0.3, -0.25) is 4.79 Å². The first kappa shape index (κ1) is 16.0. The van der Waals surface area contributed by atoms with Crippen LogP contribution in [0.4, 0.5) is 0 Å². The highest BCUT2D eigenvalue weighted by Crippen LogP contribution is 2.30. The Labute approximate surface area is 143 Å². The van der Waals surface area contributed by atoms with Crippen LogP contribution in [0.2, 0.25) is 0 Å². The summed E-state index contributed by atoms with van der Waals surface area (Å²) in [7, 11) is 1.84. The van der Waals surface area contributed by atoms with Gasteiger partial charge in [-0.25, -0.2) is 9.97 Å². The van der Waals surface area contributed by atoms with Gasteiger partial charge in [0, 0.05) is 19.0 Å². The molecule has 6 heteroatoms. The minimum atomic E-state index is -0.193. The van der Waals surface area contributed by atoms with Gasteiger partial charge in [-0.2, -0.15) is 0 Å². The Morgan fingerprint density at radius 1 is 1.26 bits per heavy atom. The Morgan fingerprint density at radius 2 is 2.04 bits per heavy atom. The Morgan fingerprint density at radius 3 is 2.83 bits per heavy atom. The van der Waals surface area contributed by atoms with Crippen LogP contribution in [0.5, 0.6) is 0 Å². The van der Waals surface area contributed by atoms with Crippen molar-refractivity contribution in [2.45, 2.75) is 23.7 Å². The molecule has 1 unspecified atom stereocenters. The lowest BCUT2D eigenvalue weighted by Gasteiger charge is -2.21. The summed E-state index contributed by atoms with van der Waals surface area (Å²) in [6, 6.07) is 12.0. The van der Waals surface area contributed by atoms with E-state index in [2.05, 4.69) is 9.97 Å². The summed E-state index contributed by atoms with van der Waals surface area (Å²) in [6.07, 6.45) is 1.56. The number of benzene rings is 1. The SMILES string of the molecule is CC(Sc1ncnc2sccc12)C(=O)N(C)Cc1ccccc1. The van der Waals surface area contributed by atoms with Crippen LogP contribution < -0.4 is 0 Å².